The van der Waals surface area contributed by atoms with E-state index in [1.165, 1.54) is 38.1 Å². The molecule has 3 aliphatic heterocycles. The van der Waals surface area contributed by atoms with Gasteiger partial charge in [0.25, 0.3) is 0 Å². The smallest absolute Gasteiger partial charge is 0.317 e. The molecule has 18 N–H and O–H groups in total. The summed E-state index contributed by atoms with van der Waals surface area (Å²) in [5.41, 5.74) is 7.50. The average Bonchev–Trinajstić information content (AvgIpc) is 1.76. The van der Waals surface area contributed by atoms with Crippen LogP contribution < -0.4 is 53.6 Å². The van der Waals surface area contributed by atoms with Crippen molar-refractivity contribution < 1.29 is 88.5 Å². The van der Waals surface area contributed by atoms with Crippen LogP contribution in [0.15, 0.2) is 90.7 Å². The Morgan fingerprint density at radius 1 is 0.616 bits per heavy atom. The number of carbonyl (C=O) groups is 11. The molecule has 0 bridgehead atoms. The summed E-state index contributed by atoms with van der Waals surface area (Å²) >= 11 is 0. The second kappa shape index (κ2) is 40.8. The first kappa shape index (κ1) is 79.8. The highest BCUT2D eigenvalue weighted by Gasteiger charge is 2.39. The van der Waals surface area contributed by atoms with Gasteiger partial charge in [-0.3, -0.25) is 72.3 Å². The van der Waals surface area contributed by atoms with Crippen LogP contribution in [0, 0.1) is 5.92 Å². The molecular formula is C65H94N14O18S2. The summed E-state index contributed by atoms with van der Waals surface area (Å²) in [4.78, 5) is 160. The molecule has 3 unspecified atom stereocenters. The van der Waals surface area contributed by atoms with Gasteiger partial charge in [-0.15, -0.1) is 0 Å². The highest BCUT2D eigenvalue weighted by molar-refractivity contribution is 8.76. The lowest BCUT2D eigenvalue weighted by Crippen LogP contribution is -2.62. The lowest BCUT2D eigenvalue weighted by atomic mass is 9.87. The molecule has 6 rings (SSSR count). The molecule has 2 aromatic rings. The van der Waals surface area contributed by atoms with Gasteiger partial charge < -0.3 is 89.3 Å². The van der Waals surface area contributed by atoms with Crippen molar-refractivity contribution in [3.8, 4) is 5.75 Å². The molecule has 1 aliphatic carbocycles. The van der Waals surface area contributed by atoms with Crippen LogP contribution in [0.3, 0.4) is 0 Å². The van der Waals surface area contributed by atoms with E-state index in [4.69, 9.17) is 5.73 Å². The molecule has 34 heteroatoms. The molecule has 0 spiro atoms. The normalized spacial score (nSPS) is 24.5. The van der Waals surface area contributed by atoms with E-state index in [0.717, 1.165) is 21.6 Å². The van der Waals surface area contributed by atoms with Crippen molar-refractivity contribution in [2.24, 2.45) is 11.7 Å². The third-order valence-corrected chi connectivity index (χ3v) is 19.4. The number of phenolic OH excluding ortho intramolecular Hbond substituents is 1. The minimum atomic E-state index is -1.77. The fourth-order valence-corrected chi connectivity index (χ4v) is 13.7. The Hall–Kier alpha value is -8.19. The number of aromatic hydroxyl groups is 1. The van der Waals surface area contributed by atoms with Crippen molar-refractivity contribution in [2.45, 2.75) is 119 Å². The minimum Gasteiger partial charge on any atom is -0.508 e. The predicted molar refractivity (Wildman–Crippen MR) is 366 cm³/mol. The van der Waals surface area contributed by atoms with Gasteiger partial charge in [-0.1, -0.05) is 88.4 Å². The van der Waals surface area contributed by atoms with Gasteiger partial charge in [0, 0.05) is 82.6 Å². The van der Waals surface area contributed by atoms with Gasteiger partial charge in [0.2, 0.25) is 47.3 Å². The molecule has 544 valence electrons. The Morgan fingerprint density at radius 3 is 1.71 bits per heavy atom. The summed E-state index contributed by atoms with van der Waals surface area (Å²) in [5, 5.41) is 95.9. The van der Waals surface area contributed by atoms with Crippen molar-refractivity contribution >= 4 is 86.8 Å². The van der Waals surface area contributed by atoms with Crippen LogP contribution in [0.5, 0.6) is 5.75 Å². The van der Waals surface area contributed by atoms with Gasteiger partial charge in [-0.2, -0.15) is 0 Å². The van der Waals surface area contributed by atoms with Gasteiger partial charge >= 0.3 is 17.9 Å². The topological polar surface area (TPSA) is 477 Å². The summed E-state index contributed by atoms with van der Waals surface area (Å²) in [5.74, 6) is -11.8. The quantitative estimate of drug-likeness (QED) is 0.0314. The maximum absolute atomic E-state index is 15.3. The van der Waals surface area contributed by atoms with Crippen LogP contribution >= 0.6 is 21.6 Å². The third-order valence-electron chi connectivity index (χ3n) is 17.0. The van der Waals surface area contributed by atoms with E-state index in [1.807, 2.05) is 24.3 Å². The number of nitrogens with two attached hydrogens (primary N) is 1. The predicted octanol–water partition coefficient (Wildman–Crippen LogP) is -4.20. The molecule has 12 atom stereocenters. The van der Waals surface area contributed by atoms with Crippen LogP contribution in [0.2, 0.25) is 0 Å². The van der Waals surface area contributed by atoms with E-state index in [9.17, 15) is 74.1 Å². The zero-order chi connectivity index (χ0) is 72.1. The zero-order valence-electron chi connectivity index (χ0n) is 55.4. The van der Waals surface area contributed by atoms with E-state index in [-0.39, 0.29) is 127 Å². The molecule has 32 nitrogen and oxygen atoms in total. The maximum Gasteiger partial charge on any atom is 0.317 e. The molecule has 2 aromatic carbocycles. The number of phenols is 1. The van der Waals surface area contributed by atoms with Gasteiger partial charge in [0.1, 0.15) is 48.0 Å². The first-order valence-electron chi connectivity index (χ1n) is 32.8. The first-order chi connectivity index (χ1) is 47.3. The van der Waals surface area contributed by atoms with Crippen LogP contribution in [0.25, 0.3) is 0 Å². The Kier molecular flexibility index (Phi) is 32.9. The van der Waals surface area contributed by atoms with E-state index >= 15 is 14.4 Å². The number of nitrogens with one attached hydrogen (secondary N) is 9. The van der Waals surface area contributed by atoms with Gasteiger partial charge in [-0.05, 0) is 81.1 Å². The standard InChI is InChI=1S/C65H94N14O18S2/c1-39(81)51(36-80)72-64(96)53-38-99-98-37-52(73-60(92)48(28-41-10-4-3-5-11-41)68-54(84)32-76-20-22-77(33-55(85)86)24-26-79(35-57(89)90)27-25-78(23-21-76)34-56(87)88)63(95)70-49(29-42-15-17-44(83)18-16-42)61(93)71-50(30-43-31-67-46-13-7-6-12-45(43)46)62(94)69-47(14-8-9-19-66)59(91)75-58(40(2)82)65(97)74-53/h3-7,10-13,15-18,31,39-40,45-53,58,67,80-83H,8-9,14,19-30,32-38,66H2,1-2H3,(H,68,84)(H,69,94)(H,70,95)(H,71,93)(H,72,96)(H,73,92)(H,74,97)(H,75,91)(H,85,86)(H,87,88)(H,89,90)/t39?,40-,45?,46?,47-,48+,49-,50+,51+,52-,53-,58+/m1/s1. The number of allylic oxidation sites excluding steroid dienone is 2. The number of unbranched alkanes of at least 4 members (excludes halogenated alkanes) is 1. The van der Waals surface area contributed by atoms with Crippen molar-refractivity contribution in [2.75, 3.05) is 103 Å². The van der Waals surface area contributed by atoms with Crippen LogP contribution in [0.1, 0.15) is 50.7 Å². The summed E-state index contributed by atoms with van der Waals surface area (Å²) in [6.07, 6.45) is 6.36. The summed E-state index contributed by atoms with van der Waals surface area (Å²) in [7, 11) is 1.82. The van der Waals surface area contributed by atoms with E-state index in [1.54, 1.807) is 56.1 Å². The van der Waals surface area contributed by atoms with Crippen molar-refractivity contribution in [1.29, 1.82) is 0 Å². The molecule has 0 saturated carbocycles. The number of aliphatic carboxylic acids is 3. The number of carbonyl (C=O) groups excluding carboxylic acids is 8. The number of amides is 8. The number of hydrogen-bond donors (Lipinski definition) is 17. The van der Waals surface area contributed by atoms with Crippen molar-refractivity contribution in [3.63, 3.8) is 0 Å². The van der Waals surface area contributed by atoms with Gasteiger partial charge in [-0.25, -0.2) is 0 Å². The zero-order valence-corrected chi connectivity index (χ0v) is 57.0. The summed E-state index contributed by atoms with van der Waals surface area (Å²) < 4.78 is 0. The first-order valence-corrected chi connectivity index (χ1v) is 35.3. The molecule has 3 heterocycles. The molecule has 99 heavy (non-hydrogen) atoms. The van der Waals surface area contributed by atoms with Gasteiger partial charge in [0.15, 0.2) is 0 Å². The molecule has 0 aromatic heterocycles. The molecular weight excluding hydrogens is 1330 g/mol. The van der Waals surface area contributed by atoms with Crippen LogP contribution in [0.4, 0.5) is 0 Å². The highest BCUT2D eigenvalue weighted by atomic mass is 33.1. The number of aliphatic hydroxyl groups excluding tert-OH is 3. The number of carboxylic acids is 3. The second-order valence-corrected chi connectivity index (χ2v) is 27.4. The number of rotatable bonds is 26. The Balaban J connectivity index is 1.39. The Morgan fingerprint density at radius 2 is 1.15 bits per heavy atom. The van der Waals surface area contributed by atoms with Crippen LogP contribution in [-0.2, 0) is 65.6 Å². The van der Waals surface area contributed by atoms with Crippen molar-refractivity contribution in [3.05, 3.63) is 102 Å². The minimum absolute atomic E-state index is 0.0447. The van der Waals surface area contributed by atoms with Crippen LogP contribution in [-0.4, -0.2) is 290 Å². The lowest BCUT2D eigenvalue weighted by Gasteiger charge is -2.33. The number of fused-ring (bicyclic) bond motifs is 1. The SMILES string of the molecule is CC(O)[C@H](CO)NC(=O)[C@H]1CSSC[C@@H](NC(=O)[C@H](Cc2ccccc2)NC(=O)CN2CCN(CC(=O)O)CCN(CC(=O)O)CCN(CC(=O)O)CC2)C(=O)N[C@H](Cc2ccc(O)cc2)C(=O)N[C@@H](CC2=CNC3C=CC=CC23)C(=O)N[C@H](CCCCN)C(=O)N[C@@H]([C@@H](C)O)C(=O)N1. The number of hydrogen-bond acceptors (Lipinski definition) is 23. The largest absolute Gasteiger partial charge is 0.508 e. The number of nitrogens with zero attached hydrogens (tertiary/aromatic N) is 4. The van der Waals surface area contributed by atoms with E-state index in [2.05, 4.69) is 47.9 Å². The molecule has 2 saturated heterocycles. The van der Waals surface area contributed by atoms with E-state index in [0.29, 0.717) is 23.1 Å². The molecule has 4 aliphatic rings. The monoisotopic (exact) mass is 1420 g/mol. The lowest BCUT2D eigenvalue weighted by molar-refractivity contribution is -0.140. The average molecular weight is 1420 g/mol. The fraction of sp³-hybridized carbons (Fsp3) is 0.554. The van der Waals surface area contributed by atoms with Gasteiger partial charge in [0.05, 0.1) is 57.1 Å². The fourth-order valence-electron chi connectivity index (χ4n) is 11.4. The second-order valence-electron chi connectivity index (χ2n) is 24.8. The molecule has 8 amide bonds. The summed E-state index contributed by atoms with van der Waals surface area (Å²) in [6.45, 7) is 1.11. The molecule has 2 fully saturated rings. The molecule has 0 radical (unpaired) electrons. The Labute approximate surface area is 581 Å². The number of benzene rings is 2. The Bertz CT molecular complexity index is 3140. The maximum atomic E-state index is 15.3. The number of carboxylic acid groups (broad SMARTS) is 3. The third kappa shape index (κ3) is 27.1. The summed E-state index contributed by atoms with van der Waals surface area (Å²) in [6, 6.07) is 1.97. The highest BCUT2D eigenvalue weighted by Crippen LogP contribution is 2.30. The van der Waals surface area contributed by atoms with Crippen molar-refractivity contribution in [1.82, 2.24) is 67.5 Å². The van der Waals surface area contributed by atoms with E-state index < -0.39 is 152 Å². The number of aliphatic hydroxyl groups is 3.